The third-order valence-corrected chi connectivity index (χ3v) is 3.74. The highest BCUT2D eigenvalue weighted by Crippen LogP contribution is 2.31. The van der Waals surface area contributed by atoms with Gasteiger partial charge in [-0.15, -0.1) is 11.8 Å². The summed E-state index contributed by atoms with van der Waals surface area (Å²) in [5.74, 6) is -0.779. The maximum absolute atomic E-state index is 13.2. The van der Waals surface area contributed by atoms with E-state index >= 15 is 0 Å². The fourth-order valence-electron chi connectivity index (χ4n) is 1.42. The topological polar surface area (TPSA) is 26.0 Å². The molecule has 18 heavy (non-hydrogen) atoms. The molecule has 0 bridgehead atoms. The van der Waals surface area contributed by atoms with E-state index in [-0.39, 0.29) is 5.69 Å². The molecule has 2 rings (SSSR count). The van der Waals surface area contributed by atoms with Crippen molar-refractivity contribution in [3.63, 3.8) is 0 Å². The van der Waals surface area contributed by atoms with Gasteiger partial charge in [-0.3, -0.25) is 0 Å². The molecule has 2 aromatic rings. The molecule has 1 nitrogen and oxygen atoms in total. The van der Waals surface area contributed by atoms with Crippen molar-refractivity contribution in [3.8, 4) is 0 Å². The number of nitrogens with two attached hydrogens (primary N) is 1. The van der Waals surface area contributed by atoms with Crippen molar-refractivity contribution in [2.45, 2.75) is 10.6 Å². The molecule has 5 heteroatoms. The van der Waals surface area contributed by atoms with Crippen LogP contribution in [0.15, 0.2) is 41.3 Å². The number of hydrogen-bond donors (Lipinski definition) is 1. The van der Waals surface area contributed by atoms with E-state index in [9.17, 15) is 8.78 Å². The van der Waals surface area contributed by atoms with E-state index in [1.165, 1.54) is 17.8 Å². The van der Waals surface area contributed by atoms with E-state index < -0.39 is 11.6 Å². The van der Waals surface area contributed by atoms with Crippen LogP contribution < -0.4 is 5.73 Å². The molecule has 0 aliphatic heterocycles. The fraction of sp³-hybridized carbons (Fsp3) is 0.0769. The molecule has 0 spiro atoms. The number of halogens is 3. The molecule has 0 aliphatic carbocycles. The first-order valence-electron chi connectivity index (χ1n) is 5.18. The average molecular weight is 286 g/mol. The average Bonchev–Trinajstić information content (AvgIpc) is 2.34. The van der Waals surface area contributed by atoms with Gasteiger partial charge < -0.3 is 5.73 Å². The molecule has 0 amide bonds. The van der Waals surface area contributed by atoms with E-state index in [2.05, 4.69) is 0 Å². The lowest BCUT2D eigenvalue weighted by Crippen LogP contribution is -1.95. The SMILES string of the molecule is Nc1c(F)cc(F)cc1SCc1ccc(Cl)cc1. The normalized spacial score (nSPS) is 10.6. The Bertz CT molecular complexity index is 558. The van der Waals surface area contributed by atoms with Crippen molar-refractivity contribution in [1.29, 1.82) is 0 Å². The van der Waals surface area contributed by atoms with Crippen LogP contribution in [-0.4, -0.2) is 0 Å². The quantitative estimate of drug-likeness (QED) is 0.664. The Kier molecular flexibility index (Phi) is 4.09. The molecule has 2 aromatic carbocycles. The molecule has 0 saturated heterocycles. The van der Waals surface area contributed by atoms with Crippen LogP contribution in [-0.2, 0) is 5.75 Å². The summed E-state index contributed by atoms with van der Waals surface area (Å²) in [5.41, 5.74) is 6.55. The lowest BCUT2D eigenvalue weighted by atomic mass is 10.2. The summed E-state index contributed by atoms with van der Waals surface area (Å²) in [6.45, 7) is 0. The Morgan fingerprint density at radius 1 is 1.11 bits per heavy atom. The minimum atomic E-state index is -0.728. The van der Waals surface area contributed by atoms with Crippen molar-refractivity contribution in [3.05, 3.63) is 58.6 Å². The highest BCUT2D eigenvalue weighted by Gasteiger charge is 2.08. The van der Waals surface area contributed by atoms with Crippen LogP contribution in [0.25, 0.3) is 0 Å². The van der Waals surface area contributed by atoms with Crippen LogP contribution in [0.5, 0.6) is 0 Å². The summed E-state index contributed by atoms with van der Waals surface area (Å²) >= 11 is 7.06. The van der Waals surface area contributed by atoms with Gasteiger partial charge >= 0.3 is 0 Å². The van der Waals surface area contributed by atoms with Crippen LogP contribution in [0.4, 0.5) is 14.5 Å². The first-order chi connectivity index (χ1) is 8.56. The number of thioether (sulfide) groups is 1. The minimum absolute atomic E-state index is 0.0182. The molecular formula is C13H10ClF2NS. The highest BCUT2D eigenvalue weighted by atomic mass is 35.5. The van der Waals surface area contributed by atoms with E-state index in [0.717, 1.165) is 11.6 Å². The third-order valence-electron chi connectivity index (χ3n) is 2.36. The molecule has 0 fully saturated rings. The fourth-order valence-corrected chi connectivity index (χ4v) is 2.51. The third kappa shape index (κ3) is 3.15. The van der Waals surface area contributed by atoms with E-state index in [4.69, 9.17) is 17.3 Å². The predicted octanol–water partition coefficient (Wildman–Crippen LogP) is 4.49. The van der Waals surface area contributed by atoms with Crippen molar-refractivity contribution in [2.75, 3.05) is 5.73 Å². The second-order valence-electron chi connectivity index (χ2n) is 3.71. The van der Waals surface area contributed by atoms with E-state index in [1.54, 1.807) is 12.1 Å². The molecule has 0 unspecified atom stereocenters. The van der Waals surface area contributed by atoms with Gasteiger partial charge in [-0.25, -0.2) is 8.78 Å². The molecule has 94 valence electrons. The van der Waals surface area contributed by atoms with Crippen LogP contribution in [0.3, 0.4) is 0 Å². The molecule has 0 aromatic heterocycles. The molecule has 0 atom stereocenters. The molecular weight excluding hydrogens is 276 g/mol. The van der Waals surface area contributed by atoms with Gasteiger partial charge in [0.2, 0.25) is 0 Å². The summed E-state index contributed by atoms with van der Waals surface area (Å²) in [7, 11) is 0. The van der Waals surface area contributed by atoms with E-state index in [0.29, 0.717) is 15.7 Å². The van der Waals surface area contributed by atoms with E-state index in [1.807, 2.05) is 12.1 Å². The van der Waals surface area contributed by atoms with Gasteiger partial charge in [0.1, 0.15) is 11.6 Å². The van der Waals surface area contributed by atoms with Crippen molar-refractivity contribution in [2.24, 2.45) is 0 Å². The number of rotatable bonds is 3. The Hall–Kier alpha value is -1.26. The lowest BCUT2D eigenvalue weighted by molar-refractivity contribution is 0.581. The Morgan fingerprint density at radius 2 is 1.78 bits per heavy atom. The summed E-state index contributed by atoms with van der Waals surface area (Å²) in [6, 6.07) is 9.28. The highest BCUT2D eigenvalue weighted by molar-refractivity contribution is 7.98. The van der Waals surface area contributed by atoms with Gasteiger partial charge in [0.05, 0.1) is 5.69 Å². The second kappa shape index (κ2) is 5.59. The molecule has 2 N–H and O–H groups in total. The van der Waals surface area contributed by atoms with Gasteiger partial charge in [-0.1, -0.05) is 23.7 Å². The van der Waals surface area contributed by atoms with Crippen LogP contribution in [0.2, 0.25) is 5.02 Å². The Balaban J connectivity index is 2.13. The first-order valence-corrected chi connectivity index (χ1v) is 6.54. The standard InChI is InChI=1S/C13H10ClF2NS/c14-9-3-1-8(2-4-9)7-18-12-6-10(15)5-11(16)13(12)17/h1-6H,7,17H2. The Labute approximate surface area is 113 Å². The number of benzene rings is 2. The monoisotopic (exact) mass is 285 g/mol. The molecule has 0 heterocycles. The minimum Gasteiger partial charge on any atom is -0.395 e. The maximum atomic E-state index is 13.2. The first kappa shape index (κ1) is 13.2. The number of anilines is 1. The zero-order valence-electron chi connectivity index (χ0n) is 9.29. The van der Waals surface area contributed by atoms with Crippen LogP contribution >= 0.6 is 23.4 Å². The van der Waals surface area contributed by atoms with Gasteiger partial charge in [0.25, 0.3) is 0 Å². The van der Waals surface area contributed by atoms with Gasteiger partial charge in [-0.05, 0) is 23.8 Å². The molecule has 0 radical (unpaired) electrons. The maximum Gasteiger partial charge on any atom is 0.150 e. The van der Waals surface area contributed by atoms with Crippen molar-refractivity contribution >= 4 is 29.1 Å². The molecule has 0 aliphatic rings. The number of hydrogen-bond acceptors (Lipinski definition) is 2. The lowest BCUT2D eigenvalue weighted by Gasteiger charge is -2.07. The van der Waals surface area contributed by atoms with Crippen LogP contribution in [0, 0.1) is 11.6 Å². The van der Waals surface area contributed by atoms with Crippen molar-refractivity contribution in [1.82, 2.24) is 0 Å². The Morgan fingerprint density at radius 3 is 2.44 bits per heavy atom. The summed E-state index contributed by atoms with van der Waals surface area (Å²) in [6.07, 6.45) is 0. The number of nitrogen functional groups attached to an aromatic ring is 1. The van der Waals surface area contributed by atoms with Crippen LogP contribution in [0.1, 0.15) is 5.56 Å². The van der Waals surface area contributed by atoms with Crippen molar-refractivity contribution < 1.29 is 8.78 Å². The molecule has 0 saturated carbocycles. The largest absolute Gasteiger partial charge is 0.395 e. The summed E-state index contributed by atoms with van der Waals surface area (Å²) in [5, 5.41) is 0.653. The van der Waals surface area contributed by atoms with Gasteiger partial charge in [-0.2, -0.15) is 0 Å². The zero-order chi connectivity index (χ0) is 13.1. The predicted molar refractivity (Wildman–Crippen MR) is 71.8 cm³/mol. The van der Waals surface area contributed by atoms with Gasteiger partial charge in [0, 0.05) is 21.7 Å². The second-order valence-corrected chi connectivity index (χ2v) is 5.17. The van der Waals surface area contributed by atoms with Gasteiger partial charge in [0.15, 0.2) is 0 Å². The summed E-state index contributed by atoms with van der Waals surface area (Å²) < 4.78 is 26.3. The zero-order valence-corrected chi connectivity index (χ0v) is 10.9. The smallest absolute Gasteiger partial charge is 0.150 e. The summed E-state index contributed by atoms with van der Waals surface area (Å²) in [4.78, 5) is 0.405.